The van der Waals surface area contributed by atoms with Gasteiger partial charge in [0.2, 0.25) is 0 Å². The predicted molar refractivity (Wildman–Crippen MR) is 75.9 cm³/mol. The van der Waals surface area contributed by atoms with Crippen LogP contribution in [0.2, 0.25) is 0 Å². The summed E-state index contributed by atoms with van der Waals surface area (Å²) in [5.41, 5.74) is 5.85. The van der Waals surface area contributed by atoms with Gasteiger partial charge in [0.05, 0.1) is 0 Å². The molecule has 1 aliphatic heterocycles. The molecule has 0 radical (unpaired) electrons. The van der Waals surface area contributed by atoms with E-state index in [9.17, 15) is 4.79 Å². The van der Waals surface area contributed by atoms with Gasteiger partial charge in [-0.25, -0.2) is 4.79 Å². The van der Waals surface area contributed by atoms with Crippen LogP contribution in [0.25, 0.3) is 0 Å². The third-order valence-electron chi connectivity index (χ3n) is 4.55. The minimum absolute atomic E-state index is 0.158. The van der Waals surface area contributed by atoms with Crippen LogP contribution in [0.5, 0.6) is 0 Å². The van der Waals surface area contributed by atoms with Crippen molar-refractivity contribution in [2.24, 2.45) is 17.1 Å². The molecule has 1 amide bonds. The maximum absolute atomic E-state index is 12.0. The molecule has 2 aliphatic rings. The molecular weight excluding hydrogens is 240 g/mol. The van der Waals surface area contributed by atoms with Crippen LogP contribution in [0.3, 0.4) is 0 Å². The molecule has 1 heterocycles. The van der Waals surface area contributed by atoms with Crippen molar-refractivity contribution in [3.05, 3.63) is 0 Å². The van der Waals surface area contributed by atoms with Gasteiger partial charge >= 0.3 is 6.09 Å². The van der Waals surface area contributed by atoms with Gasteiger partial charge in [0.1, 0.15) is 5.60 Å². The molecular formula is C15H28N2O2. The Morgan fingerprint density at radius 3 is 2.32 bits per heavy atom. The third kappa shape index (κ3) is 3.62. The van der Waals surface area contributed by atoms with Crippen molar-refractivity contribution < 1.29 is 9.53 Å². The average molecular weight is 268 g/mol. The van der Waals surface area contributed by atoms with Gasteiger partial charge in [0, 0.05) is 13.1 Å². The molecule has 0 aromatic rings. The van der Waals surface area contributed by atoms with E-state index in [2.05, 4.69) is 0 Å². The minimum atomic E-state index is -0.398. The summed E-state index contributed by atoms with van der Waals surface area (Å²) in [5, 5.41) is 0. The Morgan fingerprint density at radius 2 is 1.89 bits per heavy atom. The smallest absolute Gasteiger partial charge is 0.410 e. The zero-order chi connectivity index (χ0) is 14.1. The molecule has 0 aromatic heterocycles. The second-order valence-electron chi connectivity index (χ2n) is 7.14. The molecule has 0 bridgehead atoms. The largest absolute Gasteiger partial charge is 0.444 e. The maximum atomic E-state index is 12.0. The van der Waals surface area contributed by atoms with Gasteiger partial charge < -0.3 is 15.4 Å². The number of piperidine rings is 1. The lowest BCUT2D eigenvalue weighted by molar-refractivity contribution is 0.0147. The Hall–Kier alpha value is -0.770. The summed E-state index contributed by atoms with van der Waals surface area (Å²) in [6, 6.07) is 0. The van der Waals surface area contributed by atoms with Crippen molar-refractivity contribution in [3.63, 3.8) is 0 Å². The van der Waals surface area contributed by atoms with E-state index >= 15 is 0 Å². The molecule has 2 fully saturated rings. The number of likely N-dealkylation sites (tertiary alicyclic amines) is 1. The lowest BCUT2D eigenvalue weighted by Gasteiger charge is -2.37. The van der Waals surface area contributed by atoms with Gasteiger partial charge in [-0.3, -0.25) is 0 Å². The van der Waals surface area contributed by atoms with Crippen molar-refractivity contribution in [3.8, 4) is 0 Å². The van der Waals surface area contributed by atoms with Crippen LogP contribution in [-0.4, -0.2) is 36.2 Å². The zero-order valence-corrected chi connectivity index (χ0v) is 12.6. The monoisotopic (exact) mass is 268 g/mol. The quantitative estimate of drug-likeness (QED) is 0.856. The summed E-state index contributed by atoms with van der Waals surface area (Å²) < 4.78 is 5.43. The Balaban J connectivity index is 1.81. The molecule has 1 aliphatic carbocycles. The van der Waals surface area contributed by atoms with Crippen LogP contribution in [0, 0.1) is 11.3 Å². The topological polar surface area (TPSA) is 55.6 Å². The van der Waals surface area contributed by atoms with Crippen LogP contribution < -0.4 is 5.73 Å². The van der Waals surface area contributed by atoms with Crippen LogP contribution in [0.1, 0.15) is 52.9 Å². The first-order chi connectivity index (χ1) is 8.86. The Bertz CT molecular complexity index is 324. The Kier molecular flexibility index (Phi) is 4.09. The van der Waals surface area contributed by atoms with Crippen molar-refractivity contribution >= 4 is 6.09 Å². The van der Waals surface area contributed by atoms with E-state index in [1.165, 1.54) is 12.8 Å². The molecule has 110 valence electrons. The first-order valence-corrected chi connectivity index (χ1v) is 7.54. The van der Waals surface area contributed by atoms with Gasteiger partial charge in [0.15, 0.2) is 0 Å². The highest BCUT2D eigenvalue weighted by molar-refractivity contribution is 5.68. The lowest BCUT2D eigenvalue weighted by Crippen LogP contribution is -2.43. The van der Waals surface area contributed by atoms with E-state index in [1.54, 1.807) is 0 Å². The number of nitrogens with zero attached hydrogens (tertiary/aromatic N) is 1. The lowest BCUT2D eigenvalue weighted by atomic mass is 9.79. The van der Waals surface area contributed by atoms with Crippen molar-refractivity contribution in [1.29, 1.82) is 0 Å². The number of carbonyl (C=O) groups excluding carboxylic acids is 1. The maximum Gasteiger partial charge on any atom is 0.410 e. The Morgan fingerprint density at radius 1 is 1.32 bits per heavy atom. The van der Waals surface area contributed by atoms with Gasteiger partial charge in [-0.2, -0.15) is 0 Å². The SMILES string of the molecule is CC(C)(C)OC(=O)N1CCC(C2(CCN)CC2)CC1. The van der Waals surface area contributed by atoms with Gasteiger partial charge in [-0.05, 0) is 70.8 Å². The molecule has 0 aromatic carbocycles. The fraction of sp³-hybridized carbons (Fsp3) is 0.933. The number of nitrogens with two attached hydrogens (primary N) is 1. The number of hydrogen-bond acceptors (Lipinski definition) is 3. The van der Waals surface area contributed by atoms with Crippen LogP contribution in [-0.2, 0) is 4.74 Å². The Labute approximate surface area is 116 Å². The highest BCUT2D eigenvalue weighted by atomic mass is 16.6. The fourth-order valence-corrected chi connectivity index (χ4v) is 3.31. The van der Waals surface area contributed by atoms with E-state index in [1.807, 2.05) is 25.7 Å². The van der Waals surface area contributed by atoms with E-state index in [4.69, 9.17) is 10.5 Å². The number of ether oxygens (including phenoxy) is 1. The summed E-state index contributed by atoms with van der Waals surface area (Å²) in [6.07, 6.45) is 5.89. The first-order valence-electron chi connectivity index (χ1n) is 7.54. The highest BCUT2D eigenvalue weighted by Crippen LogP contribution is 2.57. The van der Waals surface area contributed by atoms with Crippen molar-refractivity contribution in [1.82, 2.24) is 4.90 Å². The first kappa shape index (κ1) is 14.6. The van der Waals surface area contributed by atoms with Crippen LogP contribution in [0.4, 0.5) is 4.79 Å². The number of hydrogen-bond donors (Lipinski definition) is 1. The number of rotatable bonds is 3. The fourth-order valence-electron chi connectivity index (χ4n) is 3.31. The predicted octanol–water partition coefficient (Wildman–Crippen LogP) is 2.76. The van der Waals surface area contributed by atoms with Crippen molar-refractivity contribution in [2.75, 3.05) is 19.6 Å². The van der Waals surface area contributed by atoms with Gasteiger partial charge in [-0.1, -0.05) is 0 Å². The normalized spacial score (nSPS) is 23.3. The number of carbonyl (C=O) groups is 1. The van der Waals surface area contributed by atoms with E-state index < -0.39 is 5.60 Å². The van der Waals surface area contributed by atoms with Gasteiger partial charge in [-0.15, -0.1) is 0 Å². The van der Waals surface area contributed by atoms with Crippen LogP contribution in [0.15, 0.2) is 0 Å². The van der Waals surface area contributed by atoms with E-state index in [-0.39, 0.29) is 6.09 Å². The summed E-state index contributed by atoms with van der Waals surface area (Å²) in [4.78, 5) is 13.9. The van der Waals surface area contributed by atoms with E-state index in [0.717, 1.165) is 44.8 Å². The molecule has 2 N–H and O–H groups in total. The summed E-state index contributed by atoms with van der Waals surface area (Å²) in [7, 11) is 0. The molecule has 4 nitrogen and oxygen atoms in total. The minimum Gasteiger partial charge on any atom is -0.444 e. The second kappa shape index (κ2) is 5.31. The summed E-state index contributed by atoms with van der Waals surface area (Å²) in [6.45, 7) is 8.22. The second-order valence-corrected chi connectivity index (χ2v) is 7.14. The molecule has 1 saturated carbocycles. The molecule has 0 unspecified atom stereocenters. The molecule has 0 spiro atoms. The van der Waals surface area contributed by atoms with Gasteiger partial charge in [0.25, 0.3) is 0 Å². The molecule has 19 heavy (non-hydrogen) atoms. The zero-order valence-electron chi connectivity index (χ0n) is 12.6. The van der Waals surface area contributed by atoms with Crippen LogP contribution >= 0.6 is 0 Å². The summed E-state index contributed by atoms with van der Waals surface area (Å²) in [5.74, 6) is 0.759. The summed E-state index contributed by atoms with van der Waals surface area (Å²) >= 11 is 0. The highest BCUT2D eigenvalue weighted by Gasteiger charge is 2.49. The van der Waals surface area contributed by atoms with Crippen molar-refractivity contribution in [2.45, 2.75) is 58.5 Å². The van der Waals surface area contributed by atoms with E-state index in [0.29, 0.717) is 5.41 Å². The standard InChI is InChI=1S/C15H28N2O2/c1-14(2,3)19-13(18)17-10-4-12(5-11-17)15(6-7-15)8-9-16/h12H,4-11,16H2,1-3H3. The average Bonchev–Trinajstić information content (AvgIpc) is 3.09. The number of amides is 1. The molecule has 1 saturated heterocycles. The third-order valence-corrected chi connectivity index (χ3v) is 4.55. The molecule has 2 rings (SSSR count). The molecule has 4 heteroatoms. The molecule has 0 atom stereocenters.